The highest BCUT2D eigenvalue weighted by molar-refractivity contribution is 5.92. The highest BCUT2D eigenvalue weighted by Crippen LogP contribution is 2.39. The maximum absolute atomic E-state index is 12.7. The molecule has 0 bridgehead atoms. The fourth-order valence-corrected chi connectivity index (χ4v) is 4.01. The Morgan fingerprint density at radius 3 is 2.66 bits per heavy atom. The third-order valence-corrected chi connectivity index (χ3v) is 5.90. The van der Waals surface area contributed by atoms with Crippen LogP contribution in [0.15, 0.2) is 24.4 Å². The number of carbonyl (C=O) groups is 1. The van der Waals surface area contributed by atoms with E-state index in [4.69, 9.17) is 4.74 Å². The molecule has 0 spiro atoms. The minimum absolute atomic E-state index is 0.0613. The number of ether oxygens (including phenoxy) is 1. The number of aryl methyl sites for hydroxylation is 2. The SMILES string of the molecule is Cc1cc(C(=O)N2CCC(COc3ccc4nc(C5CC5)cn4n3)CC2)n(C)n1. The first-order valence-electron chi connectivity index (χ1n) is 10.4. The summed E-state index contributed by atoms with van der Waals surface area (Å²) in [6, 6.07) is 5.71. The Bertz CT molecular complexity index is 1040. The van der Waals surface area contributed by atoms with E-state index < -0.39 is 0 Å². The minimum atomic E-state index is 0.0613. The molecule has 2 fully saturated rings. The van der Waals surface area contributed by atoms with Crippen molar-refractivity contribution >= 4 is 11.6 Å². The maximum Gasteiger partial charge on any atom is 0.272 e. The zero-order valence-electron chi connectivity index (χ0n) is 16.9. The van der Waals surface area contributed by atoms with Crippen molar-refractivity contribution in [3.63, 3.8) is 0 Å². The lowest BCUT2D eigenvalue weighted by molar-refractivity contribution is 0.0648. The Hall–Kier alpha value is -2.90. The average molecular weight is 394 g/mol. The van der Waals surface area contributed by atoms with E-state index in [9.17, 15) is 4.79 Å². The number of imidazole rings is 1. The van der Waals surface area contributed by atoms with E-state index in [-0.39, 0.29) is 5.91 Å². The second kappa shape index (κ2) is 7.17. The van der Waals surface area contributed by atoms with Crippen molar-refractivity contribution in [2.24, 2.45) is 13.0 Å². The number of nitrogens with zero attached hydrogens (tertiary/aromatic N) is 6. The van der Waals surface area contributed by atoms with Gasteiger partial charge in [-0.1, -0.05) is 0 Å². The van der Waals surface area contributed by atoms with E-state index >= 15 is 0 Å². The van der Waals surface area contributed by atoms with Gasteiger partial charge in [0.05, 0.1) is 24.2 Å². The summed E-state index contributed by atoms with van der Waals surface area (Å²) in [5.41, 5.74) is 3.53. The maximum atomic E-state index is 12.7. The van der Waals surface area contributed by atoms with Gasteiger partial charge in [0.15, 0.2) is 5.65 Å². The van der Waals surface area contributed by atoms with Crippen molar-refractivity contribution in [1.82, 2.24) is 29.3 Å². The molecule has 1 aliphatic heterocycles. The summed E-state index contributed by atoms with van der Waals surface area (Å²) in [5, 5.41) is 8.82. The van der Waals surface area contributed by atoms with Crippen LogP contribution in [-0.4, -0.2) is 54.9 Å². The van der Waals surface area contributed by atoms with Gasteiger partial charge in [0.1, 0.15) is 5.69 Å². The van der Waals surface area contributed by atoms with Gasteiger partial charge in [-0.15, -0.1) is 5.10 Å². The lowest BCUT2D eigenvalue weighted by Crippen LogP contribution is -2.40. The zero-order valence-corrected chi connectivity index (χ0v) is 16.9. The van der Waals surface area contributed by atoms with Gasteiger partial charge in [0.2, 0.25) is 5.88 Å². The van der Waals surface area contributed by atoms with Crippen molar-refractivity contribution in [2.75, 3.05) is 19.7 Å². The van der Waals surface area contributed by atoms with Crippen LogP contribution >= 0.6 is 0 Å². The van der Waals surface area contributed by atoms with Crippen LogP contribution in [0.25, 0.3) is 5.65 Å². The van der Waals surface area contributed by atoms with Gasteiger partial charge in [0.25, 0.3) is 5.91 Å². The summed E-state index contributed by atoms with van der Waals surface area (Å²) in [5.74, 6) is 1.73. The number of hydrogen-bond donors (Lipinski definition) is 0. The molecule has 0 N–H and O–H groups in total. The number of fused-ring (bicyclic) bond motifs is 1. The first kappa shape index (κ1) is 18.1. The molecule has 152 valence electrons. The molecule has 8 heteroatoms. The summed E-state index contributed by atoms with van der Waals surface area (Å²) in [6.07, 6.45) is 6.34. The molecule has 8 nitrogen and oxygen atoms in total. The highest BCUT2D eigenvalue weighted by Gasteiger charge is 2.27. The summed E-state index contributed by atoms with van der Waals surface area (Å²) in [6.45, 7) is 4.02. The molecular weight excluding hydrogens is 368 g/mol. The Morgan fingerprint density at radius 1 is 1.17 bits per heavy atom. The number of likely N-dealkylation sites (tertiary alicyclic amines) is 1. The summed E-state index contributed by atoms with van der Waals surface area (Å²) < 4.78 is 9.45. The average Bonchev–Trinajstić information content (AvgIpc) is 3.40. The second-order valence-corrected chi connectivity index (χ2v) is 8.26. The van der Waals surface area contributed by atoms with Gasteiger partial charge >= 0.3 is 0 Å². The molecule has 1 saturated heterocycles. The number of carbonyl (C=O) groups excluding carboxylic acids is 1. The molecule has 4 heterocycles. The van der Waals surface area contributed by atoms with E-state index in [1.54, 1.807) is 4.68 Å². The predicted octanol–water partition coefficient (Wildman–Crippen LogP) is 2.58. The Labute approximate surface area is 169 Å². The van der Waals surface area contributed by atoms with E-state index in [1.807, 2.05) is 47.8 Å². The van der Waals surface area contributed by atoms with Crippen LogP contribution in [0.3, 0.4) is 0 Å². The monoisotopic (exact) mass is 394 g/mol. The van der Waals surface area contributed by atoms with Crippen LogP contribution in [0.5, 0.6) is 5.88 Å². The zero-order chi connectivity index (χ0) is 20.0. The molecule has 0 atom stereocenters. The third-order valence-electron chi connectivity index (χ3n) is 5.90. The van der Waals surface area contributed by atoms with E-state index in [0.717, 1.165) is 43.0 Å². The smallest absolute Gasteiger partial charge is 0.272 e. The van der Waals surface area contributed by atoms with E-state index in [2.05, 4.69) is 15.2 Å². The molecule has 5 rings (SSSR count). The number of rotatable bonds is 5. The largest absolute Gasteiger partial charge is 0.476 e. The standard InChI is InChI=1S/C21H26N6O2/c1-14-11-18(25(2)23-14)21(28)26-9-7-15(8-10-26)13-29-20-6-5-19-22-17(16-3-4-16)12-27(19)24-20/h5-6,11-12,15-16H,3-4,7-10,13H2,1-2H3. The minimum Gasteiger partial charge on any atom is -0.476 e. The van der Waals surface area contributed by atoms with Gasteiger partial charge in [0, 0.05) is 32.1 Å². The van der Waals surface area contributed by atoms with E-state index in [0.29, 0.717) is 30.0 Å². The summed E-state index contributed by atoms with van der Waals surface area (Å²) in [7, 11) is 1.82. The van der Waals surface area contributed by atoms with E-state index in [1.165, 1.54) is 12.8 Å². The fraction of sp³-hybridized carbons (Fsp3) is 0.524. The van der Waals surface area contributed by atoms with Crippen molar-refractivity contribution in [3.05, 3.63) is 41.5 Å². The summed E-state index contributed by atoms with van der Waals surface area (Å²) in [4.78, 5) is 19.3. The summed E-state index contributed by atoms with van der Waals surface area (Å²) >= 11 is 0. The third kappa shape index (κ3) is 3.71. The Balaban J connectivity index is 1.15. The second-order valence-electron chi connectivity index (χ2n) is 8.26. The first-order chi connectivity index (χ1) is 14.1. The molecule has 29 heavy (non-hydrogen) atoms. The van der Waals surface area contributed by atoms with Crippen molar-refractivity contribution < 1.29 is 9.53 Å². The predicted molar refractivity (Wildman–Crippen MR) is 107 cm³/mol. The molecule has 0 aromatic carbocycles. The van der Waals surface area contributed by atoms with Gasteiger partial charge in [-0.05, 0) is 50.7 Å². The topological polar surface area (TPSA) is 77.5 Å². The number of piperidine rings is 1. The fourth-order valence-electron chi connectivity index (χ4n) is 4.01. The molecule has 1 aliphatic carbocycles. The van der Waals surface area contributed by atoms with Crippen LogP contribution < -0.4 is 4.74 Å². The lowest BCUT2D eigenvalue weighted by atomic mass is 9.97. The van der Waals surface area contributed by atoms with Crippen LogP contribution in [0.4, 0.5) is 0 Å². The molecule has 1 amide bonds. The first-order valence-corrected chi connectivity index (χ1v) is 10.4. The number of hydrogen-bond acceptors (Lipinski definition) is 5. The van der Waals surface area contributed by atoms with Crippen molar-refractivity contribution in [2.45, 2.75) is 38.5 Å². The van der Waals surface area contributed by atoms with Gasteiger partial charge < -0.3 is 9.64 Å². The quantitative estimate of drug-likeness (QED) is 0.665. The lowest BCUT2D eigenvalue weighted by Gasteiger charge is -2.31. The number of amides is 1. The van der Waals surface area contributed by atoms with Crippen LogP contribution in [-0.2, 0) is 7.05 Å². The van der Waals surface area contributed by atoms with Crippen molar-refractivity contribution in [3.8, 4) is 5.88 Å². The highest BCUT2D eigenvalue weighted by atomic mass is 16.5. The van der Waals surface area contributed by atoms with Gasteiger partial charge in [-0.25, -0.2) is 9.50 Å². The van der Waals surface area contributed by atoms with Crippen LogP contribution in [0.2, 0.25) is 0 Å². The molecule has 0 unspecified atom stereocenters. The van der Waals surface area contributed by atoms with Crippen LogP contribution in [0.1, 0.15) is 53.5 Å². The molecule has 3 aromatic rings. The Kier molecular flexibility index (Phi) is 4.49. The normalized spacial score (nSPS) is 17.8. The molecule has 1 saturated carbocycles. The van der Waals surface area contributed by atoms with Crippen molar-refractivity contribution in [1.29, 1.82) is 0 Å². The molecular formula is C21H26N6O2. The number of aromatic nitrogens is 5. The molecule has 0 radical (unpaired) electrons. The van der Waals surface area contributed by atoms with Crippen LogP contribution in [0, 0.1) is 12.8 Å². The van der Waals surface area contributed by atoms with Gasteiger partial charge in [-0.3, -0.25) is 9.48 Å². The molecule has 2 aliphatic rings. The van der Waals surface area contributed by atoms with Gasteiger partial charge in [-0.2, -0.15) is 5.10 Å². The molecule has 3 aromatic heterocycles. The Morgan fingerprint density at radius 2 is 1.97 bits per heavy atom.